The molecule has 150 valence electrons. The van der Waals surface area contributed by atoms with Crippen LogP contribution in [0.3, 0.4) is 0 Å². The number of imidazole rings is 1. The van der Waals surface area contributed by atoms with Gasteiger partial charge >= 0.3 is 0 Å². The molecule has 1 N–H and O–H groups in total. The van der Waals surface area contributed by atoms with Crippen LogP contribution in [0, 0.1) is 0 Å². The number of amides is 1. The fraction of sp³-hybridized carbons (Fsp3) is 0.273. The minimum absolute atomic E-state index is 0.280. The summed E-state index contributed by atoms with van der Waals surface area (Å²) in [5.74, 6) is 1.68. The Labute approximate surface area is 174 Å². The maximum Gasteiger partial charge on any atom is 0.255 e. The molecule has 1 amide bonds. The van der Waals surface area contributed by atoms with Crippen molar-refractivity contribution < 1.29 is 14.3 Å². The van der Waals surface area contributed by atoms with Gasteiger partial charge in [-0.15, -0.1) is 0 Å². The van der Waals surface area contributed by atoms with Gasteiger partial charge in [0.1, 0.15) is 5.82 Å². The second-order valence-corrected chi connectivity index (χ2v) is 7.33. The average molecular weight is 412 g/mol. The molecule has 0 saturated heterocycles. The molecule has 29 heavy (non-hydrogen) atoms. The van der Waals surface area contributed by atoms with Crippen molar-refractivity contribution in [3.05, 3.63) is 59.0 Å². The number of nitrogens with one attached hydrogen (secondary N) is 1. The lowest BCUT2D eigenvalue weighted by molar-refractivity contribution is 0.102. The van der Waals surface area contributed by atoms with Gasteiger partial charge in [-0.25, -0.2) is 4.98 Å². The summed E-state index contributed by atoms with van der Waals surface area (Å²) in [6.45, 7) is 1.03. The second kappa shape index (κ2) is 8.17. The number of benzene rings is 2. The van der Waals surface area contributed by atoms with E-state index in [0.717, 1.165) is 30.0 Å². The third kappa shape index (κ3) is 3.93. The number of hydrogen-bond donors (Lipinski definition) is 1. The maximum atomic E-state index is 12.6. The minimum atomic E-state index is -0.280. The van der Waals surface area contributed by atoms with E-state index in [1.54, 1.807) is 12.1 Å². The van der Waals surface area contributed by atoms with E-state index in [2.05, 4.69) is 16.1 Å². The Hall–Kier alpha value is -2.99. The second-order valence-electron chi connectivity index (χ2n) is 6.92. The number of carbonyl (C=O) groups is 1. The quantitative estimate of drug-likeness (QED) is 0.654. The van der Waals surface area contributed by atoms with E-state index in [0.29, 0.717) is 27.8 Å². The van der Waals surface area contributed by atoms with Crippen LogP contribution in [0.1, 0.15) is 29.0 Å². The normalized spacial score (nSPS) is 12.9. The Morgan fingerprint density at radius 1 is 1.14 bits per heavy atom. The first kappa shape index (κ1) is 19.3. The SMILES string of the molecule is COc1cc(C(=O)Nc2ccc(-c3cn4c(n3)CCCC4)cc2)cc(Cl)c1OC. The summed E-state index contributed by atoms with van der Waals surface area (Å²) in [6.07, 6.45) is 5.53. The zero-order valence-electron chi connectivity index (χ0n) is 16.4. The van der Waals surface area contributed by atoms with Gasteiger partial charge in [0.05, 0.1) is 24.9 Å². The highest BCUT2D eigenvalue weighted by atomic mass is 35.5. The Morgan fingerprint density at radius 3 is 2.62 bits per heavy atom. The molecule has 0 radical (unpaired) electrons. The van der Waals surface area contributed by atoms with E-state index in [-0.39, 0.29) is 5.91 Å². The number of aromatic nitrogens is 2. The summed E-state index contributed by atoms with van der Waals surface area (Å²) < 4.78 is 12.7. The molecule has 4 rings (SSSR count). The molecule has 2 aromatic carbocycles. The van der Waals surface area contributed by atoms with Crippen molar-refractivity contribution in [3.8, 4) is 22.8 Å². The molecule has 0 unspecified atom stereocenters. The lowest BCUT2D eigenvalue weighted by atomic mass is 10.1. The zero-order valence-corrected chi connectivity index (χ0v) is 17.1. The van der Waals surface area contributed by atoms with Gasteiger partial charge in [0, 0.05) is 36.0 Å². The number of fused-ring (bicyclic) bond motifs is 1. The van der Waals surface area contributed by atoms with E-state index in [1.807, 2.05) is 24.3 Å². The highest BCUT2D eigenvalue weighted by Gasteiger charge is 2.16. The predicted octanol–water partition coefficient (Wildman–Crippen LogP) is 4.81. The number of methoxy groups -OCH3 is 2. The molecule has 7 heteroatoms. The summed E-state index contributed by atoms with van der Waals surface area (Å²) in [7, 11) is 3.00. The van der Waals surface area contributed by atoms with Crippen LogP contribution in [-0.4, -0.2) is 29.7 Å². The first-order chi connectivity index (χ1) is 14.1. The largest absolute Gasteiger partial charge is 0.493 e. The highest BCUT2D eigenvalue weighted by Crippen LogP contribution is 2.36. The topological polar surface area (TPSA) is 65.4 Å². The van der Waals surface area contributed by atoms with Gasteiger partial charge in [-0.2, -0.15) is 0 Å². The molecular weight excluding hydrogens is 390 g/mol. The van der Waals surface area contributed by atoms with Gasteiger partial charge in [-0.1, -0.05) is 23.7 Å². The minimum Gasteiger partial charge on any atom is -0.493 e. The Balaban J connectivity index is 1.51. The van der Waals surface area contributed by atoms with E-state index in [4.69, 9.17) is 26.1 Å². The third-order valence-corrected chi connectivity index (χ3v) is 5.32. The molecule has 1 aliphatic rings. The molecule has 1 aromatic heterocycles. The summed E-state index contributed by atoms with van der Waals surface area (Å²) >= 11 is 6.20. The van der Waals surface area contributed by atoms with Crippen molar-refractivity contribution in [2.45, 2.75) is 25.8 Å². The van der Waals surface area contributed by atoms with E-state index in [1.165, 1.54) is 27.1 Å². The Kier molecular flexibility index (Phi) is 5.45. The van der Waals surface area contributed by atoms with E-state index in [9.17, 15) is 4.79 Å². The molecule has 2 heterocycles. The molecule has 0 spiro atoms. The average Bonchev–Trinajstić information content (AvgIpc) is 3.17. The number of ether oxygens (including phenoxy) is 2. The Bertz CT molecular complexity index is 1020. The number of anilines is 1. The van der Waals surface area contributed by atoms with Gasteiger partial charge < -0.3 is 19.4 Å². The summed E-state index contributed by atoms with van der Waals surface area (Å²) in [4.78, 5) is 17.4. The van der Waals surface area contributed by atoms with Crippen LogP contribution in [0.4, 0.5) is 5.69 Å². The van der Waals surface area contributed by atoms with Gasteiger partial charge in [0.15, 0.2) is 11.5 Å². The zero-order chi connectivity index (χ0) is 20.4. The summed E-state index contributed by atoms with van der Waals surface area (Å²) in [6, 6.07) is 10.8. The molecule has 0 fully saturated rings. The third-order valence-electron chi connectivity index (χ3n) is 5.04. The summed E-state index contributed by atoms with van der Waals surface area (Å²) in [5, 5.41) is 3.20. The van der Waals surface area contributed by atoms with E-state index < -0.39 is 0 Å². The van der Waals surface area contributed by atoms with Crippen LogP contribution in [-0.2, 0) is 13.0 Å². The van der Waals surface area contributed by atoms with Gasteiger partial charge in [-0.05, 0) is 37.1 Å². The molecule has 6 nitrogen and oxygen atoms in total. The van der Waals surface area contributed by atoms with Crippen LogP contribution in [0.15, 0.2) is 42.6 Å². The lowest BCUT2D eigenvalue weighted by Crippen LogP contribution is -2.12. The van der Waals surface area contributed by atoms with Crippen molar-refractivity contribution in [2.24, 2.45) is 0 Å². The van der Waals surface area contributed by atoms with Gasteiger partial charge in [0.2, 0.25) is 0 Å². The van der Waals surface area contributed by atoms with Gasteiger partial charge in [0.25, 0.3) is 5.91 Å². The van der Waals surface area contributed by atoms with E-state index >= 15 is 0 Å². The lowest BCUT2D eigenvalue weighted by Gasteiger charge is -2.12. The summed E-state index contributed by atoms with van der Waals surface area (Å²) in [5.41, 5.74) is 3.07. The standard InChI is InChI=1S/C22H22ClN3O3/c1-28-19-12-15(11-17(23)21(19)29-2)22(27)24-16-8-6-14(7-9-16)18-13-26-10-4-3-5-20(26)25-18/h6-9,11-13H,3-5,10H2,1-2H3,(H,24,27). The van der Waals surface area contributed by atoms with Crippen molar-refractivity contribution in [2.75, 3.05) is 19.5 Å². The van der Waals surface area contributed by atoms with Crippen LogP contribution in [0.5, 0.6) is 11.5 Å². The predicted molar refractivity (Wildman–Crippen MR) is 113 cm³/mol. The molecule has 0 aliphatic carbocycles. The molecule has 0 bridgehead atoms. The van der Waals surface area contributed by atoms with Crippen LogP contribution in [0.25, 0.3) is 11.3 Å². The fourth-order valence-electron chi connectivity index (χ4n) is 3.53. The number of halogens is 1. The molecular formula is C22H22ClN3O3. The molecule has 1 aliphatic heterocycles. The van der Waals surface area contributed by atoms with Crippen LogP contribution in [0.2, 0.25) is 5.02 Å². The number of rotatable bonds is 5. The highest BCUT2D eigenvalue weighted by molar-refractivity contribution is 6.32. The molecule has 3 aromatic rings. The van der Waals surface area contributed by atoms with Crippen molar-refractivity contribution in [1.29, 1.82) is 0 Å². The van der Waals surface area contributed by atoms with Crippen LogP contribution >= 0.6 is 11.6 Å². The number of hydrogen-bond acceptors (Lipinski definition) is 4. The molecule has 0 atom stereocenters. The van der Waals surface area contributed by atoms with Crippen molar-refractivity contribution in [3.63, 3.8) is 0 Å². The first-order valence-electron chi connectivity index (χ1n) is 9.48. The van der Waals surface area contributed by atoms with Crippen molar-refractivity contribution >= 4 is 23.2 Å². The molecule has 0 saturated carbocycles. The smallest absolute Gasteiger partial charge is 0.255 e. The Morgan fingerprint density at radius 2 is 1.93 bits per heavy atom. The number of aryl methyl sites for hydroxylation is 2. The number of nitrogens with zero attached hydrogens (tertiary/aromatic N) is 2. The number of carbonyl (C=O) groups excluding carboxylic acids is 1. The van der Waals surface area contributed by atoms with Gasteiger partial charge in [-0.3, -0.25) is 4.79 Å². The fourth-order valence-corrected chi connectivity index (χ4v) is 3.82. The first-order valence-corrected chi connectivity index (χ1v) is 9.86. The van der Waals surface area contributed by atoms with Crippen LogP contribution < -0.4 is 14.8 Å². The maximum absolute atomic E-state index is 12.6. The van der Waals surface area contributed by atoms with Crippen molar-refractivity contribution in [1.82, 2.24) is 9.55 Å². The monoisotopic (exact) mass is 411 g/mol.